The minimum Gasteiger partial charge on any atom is -0.376 e. The highest BCUT2D eigenvalue weighted by atomic mass is 35.5. The number of aromatic nitrogens is 1. The van der Waals surface area contributed by atoms with Crippen molar-refractivity contribution in [2.75, 3.05) is 19.0 Å². The number of halogens is 1. The Morgan fingerprint density at radius 1 is 1.40 bits per heavy atom. The molecule has 0 saturated carbocycles. The molecule has 2 nitrogen and oxygen atoms in total. The van der Waals surface area contributed by atoms with E-state index in [2.05, 4.69) is 4.98 Å². The van der Waals surface area contributed by atoms with Gasteiger partial charge in [0.25, 0.3) is 0 Å². The molecular weight excluding hydrogens is 148 g/mol. The van der Waals surface area contributed by atoms with E-state index in [1.54, 1.807) is 6.20 Å². The van der Waals surface area contributed by atoms with Crippen molar-refractivity contribution >= 4 is 18.1 Å². The maximum absolute atomic E-state index is 3.96. The molecule has 0 spiro atoms. The molecule has 0 atom stereocenters. The van der Waals surface area contributed by atoms with Gasteiger partial charge in [0.2, 0.25) is 0 Å². The highest BCUT2D eigenvalue weighted by Crippen LogP contribution is 2.04. The summed E-state index contributed by atoms with van der Waals surface area (Å²) in [5.74, 6) is 0. The highest BCUT2D eigenvalue weighted by Gasteiger charge is 1.88. The molecule has 3 heteroatoms. The Morgan fingerprint density at radius 2 is 2.10 bits per heavy atom. The number of pyridine rings is 1. The van der Waals surface area contributed by atoms with E-state index >= 15 is 0 Å². The SMILES string of the molecule is CN(C)c1cccnc1.Cl. The van der Waals surface area contributed by atoms with Crippen LogP contribution in [-0.2, 0) is 0 Å². The number of nitrogens with zero attached hydrogens (tertiary/aromatic N) is 2. The second-order valence-electron chi connectivity index (χ2n) is 2.11. The summed E-state index contributed by atoms with van der Waals surface area (Å²) in [5, 5.41) is 0. The van der Waals surface area contributed by atoms with Gasteiger partial charge in [-0.05, 0) is 12.1 Å². The number of hydrogen-bond acceptors (Lipinski definition) is 2. The highest BCUT2D eigenvalue weighted by molar-refractivity contribution is 5.85. The Kier molecular flexibility index (Phi) is 3.81. The van der Waals surface area contributed by atoms with Crippen LogP contribution in [0.2, 0.25) is 0 Å². The molecule has 0 N–H and O–H groups in total. The minimum absolute atomic E-state index is 0. The van der Waals surface area contributed by atoms with Crippen LogP contribution in [0.25, 0.3) is 0 Å². The fourth-order valence-electron chi connectivity index (χ4n) is 0.618. The summed E-state index contributed by atoms with van der Waals surface area (Å²) in [6, 6.07) is 3.95. The van der Waals surface area contributed by atoms with Crippen LogP contribution in [0.15, 0.2) is 24.5 Å². The van der Waals surface area contributed by atoms with E-state index in [1.165, 1.54) is 0 Å². The smallest absolute Gasteiger partial charge is 0.0547 e. The van der Waals surface area contributed by atoms with Gasteiger partial charge >= 0.3 is 0 Å². The van der Waals surface area contributed by atoms with Crippen LogP contribution in [0.5, 0.6) is 0 Å². The predicted octanol–water partition coefficient (Wildman–Crippen LogP) is 1.57. The lowest BCUT2D eigenvalue weighted by Crippen LogP contribution is -2.08. The van der Waals surface area contributed by atoms with Crippen molar-refractivity contribution in [3.8, 4) is 0 Å². The second-order valence-corrected chi connectivity index (χ2v) is 2.11. The molecule has 1 aromatic heterocycles. The van der Waals surface area contributed by atoms with Gasteiger partial charge in [0, 0.05) is 20.3 Å². The molecule has 56 valence electrons. The van der Waals surface area contributed by atoms with Crippen molar-refractivity contribution in [2.24, 2.45) is 0 Å². The summed E-state index contributed by atoms with van der Waals surface area (Å²) >= 11 is 0. The molecule has 1 heterocycles. The second kappa shape index (κ2) is 4.12. The van der Waals surface area contributed by atoms with E-state index in [0.717, 1.165) is 5.69 Å². The van der Waals surface area contributed by atoms with Gasteiger partial charge < -0.3 is 4.90 Å². The Morgan fingerprint density at radius 3 is 2.40 bits per heavy atom. The topological polar surface area (TPSA) is 16.1 Å². The van der Waals surface area contributed by atoms with E-state index < -0.39 is 0 Å². The lowest BCUT2D eigenvalue weighted by molar-refractivity contribution is 1.11. The number of hydrogen-bond donors (Lipinski definition) is 0. The molecule has 0 amide bonds. The summed E-state index contributed by atoms with van der Waals surface area (Å²) < 4.78 is 0. The molecule has 0 radical (unpaired) electrons. The standard InChI is InChI=1S/C7H10N2.ClH/c1-9(2)7-4-3-5-8-6-7;/h3-6H,1-2H3;1H. The van der Waals surface area contributed by atoms with Crippen molar-refractivity contribution in [2.45, 2.75) is 0 Å². The molecule has 0 fully saturated rings. The van der Waals surface area contributed by atoms with Crippen molar-refractivity contribution in [3.63, 3.8) is 0 Å². The Balaban J connectivity index is 0.000000810. The average Bonchev–Trinajstić information content (AvgIpc) is 1.90. The van der Waals surface area contributed by atoms with E-state index in [9.17, 15) is 0 Å². The molecule has 1 rings (SSSR count). The van der Waals surface area contributed by atoms with Crippen LogP contribution in [0.1, 0.15) is 0 Å². The minimum atomic E-state index is 0. The van der Waals surface area contributed by atoms with E-state index in [4.69, 9.17) is 0 Å². The van der Waals surface area contributed by atoms with Crippen molar-refractivity contribution in [1.82, 2.24) is 4.98 Å². The third kappa shape index (κ3) is 2.23. The summed E-state index contributed by atoms with van der Waals surface area (Å²) in [7, 11) is 3.99. The molecular formula is C7H11ClN2. The molecule has 0 aliphatic rings. The first-order valence-electron chi connectivity index (χ1n) is 2.88. The maximum atomic E-state index is 3.96. The van der Waals surface area contributed by atoms with Gasteiger partial charge in [-0.3, -0.25) is 4.98 Å². The van der Waals surface area contributed by atoms with E-state index in [1.807, 2.05) is 37.3 Å². The summed E-state index contributed by atoms with van der Waals surface area (Å²) in [4.78, 5) is 5.99. The van der Waals surface area contributed by atoms with E-state index in [0.29, 0.717) is 0 Å². The molecule has 1 aromatic rings. The van der Waals surface area contributed by atoms with Crippen LogP contribution >= 0.6 is 12.4 Å². The van der Waals surface area contributed by atoms with Crippen LogP contribution in [0.4, 0.5) is 5.69 Å². The Bertz CT molecular complexity index is 174. The van der Waals surface area contributed by atoms with Gasteiger partial charge in [-0.15, -0.1) is 12.4 Å². The number of rotatable bonds is 1. The average molecular weight is 159 g/mol. The molecule has 0 bridgehead atoms. The third-order valence-corrected chi connectivity index (χ3v) is 1.16. The molecule has 0 aliphatic carbocycles. The molecule has 0 aromatic carbocycles. The third-order valence-electron chi connectivity index (χ3n) is 1.16. The zero-order chi connectivity index (χ0) is 6.69. The van der Waals surface area contributed by atoms with Gasteiger partial charge in [0.05, 0.1) is 11.9 Å². The number of anilines is 1. The predicted molar refractivity (Wildman–Crippen MR) is 45.8 cm³/mol. The zero-order valence-electron chi connectivity index (χ0n) is 6.11. The summed E-state index contributed by atoms with van der Waals surface area (Å²) in [6.45, 7) is 0. The monoisotopic (exact) mass is 158 g/mol. The molecule has 0 aliphatic heterocycles. The summed E-state index contributed by atoms with van der Waals surface area (Å²) in [6.07, 6.45) is 3.60. The lowest BCUT2D eigenvalue weighted by atomic mass is 10.4. The normalized spacial score (nSPS) is 8.20. The van der Waals surface area contributed by atoms with Crippen molar-refractivity contribution in [3.05, 3.63) is 24.5 Å². The lowest BCUT2D eigenvalue weighted by Gasteiger charge is -2.09. The van der Waals surface area contributed by atoms with Crippen LogP contribution in [-0.4, -0.2) is 19.1 Å². The fourth-order valence-corrected chi connectivity index (χ4v) is 0.618. The van der Waals surface area contributed by atoms with Gasteiger partial charge in [-0.1, -0.05) is 0 Å². The Hall–Kier alpha value is -0.760. The molecule has 10 heavy (non-hydrogen) atoms. The molecule has 0 unspecified atom stereocenters. The van der Waals surface area contributed by atoms with Gasteiger partial charge in [0.1, 0.15) is 0 Å². The maximum Gasteiger partial charge on any atom is 0.0547 e. The first-order valence-corrected chi connectivity index (χ1v) is 2.88. The molecule has 0 saturated heterocycles. The fraction of sp³-hybridized carbons (Fsp3) is 0.286. The largest absolute Gasteiger partial charge is 0.376 e. The zero-order valence-corrected chi connectivity index (χ0v) is 6.93. The van der Waals surface area contributed by atoms with Crippen molar-refractivity contribution < 1.29 is 0 Å². The quantitative estimate of drug-likeness (QED) is 0.617. The van der Waals surface area contributed by atoms with Gasteiger partial charge in [-0.2, -0.15) is 0 Å². The first kappa shape index (κ1) is 9.24. The van der Waals surface area contributed by atoms with Crippen molar-refractivity contribution in [1.29, 1.82) is 0 Å². The van der Waals surface area contributed by atoms with Gasteiger partial charge in [-0.25, -0.2) is 0 Å². The van der Waals surface area contributed by atoms with Crippen LogP contribution in [0.3, 0.4) is 0 Å². The first-order chi connectivity index (χ1) is 4.30. The van der Waals surface area contributed by atoms with Gasteiger partial charge in [0.15, 0.2) is 0 Å². The van der Waals surface area contributed by atoms with Crippen LogP contribution < -0.4 is 4.90 Å². The Labute approximate surface area is 67.3 Å². The summed E-state index contributed by atoms with van der Waals surface area (Å²) in [5.41, 5.74) is 1.14. The van der Waals surface area contributed by atoms with Crippen LogP contribution in [0, 0.1) is 0 Å². The van der Waals surface area contributed by atoms with E-state index in [-0.39, 0.29) is 12.4 Å².